The van der Waals surface area contributed by atoms with Crippen LogP contribution in [-0.2, 0) is 16.4 Å². The lowest BCUT2D eigenvalue weighted by atomic mass is 9.91. The molecule has 0 amide bonds. The van der Waals surface area contributed by atoms with Crippen LogP contribution >= 0.6 is 0 Å². The van der Waals surface area contributed by atoms with Crippen molar-refractivity contribution in [2.24, 2.45) is 11.8 Å². The molecule has 170 valence electrons. The first kappa shape index (κ1) is 22.5. The Morgan fingerprint density at radius 1 is 1.06 bits per heavy atom. The average molecular weight is 457 g/mol. The van der Waals surface area contributed by atoms with Crippen molar-refractivity contribution in [2.45, 2.75) is 50.5 Å². The number of halogens is 1. The normalized spacial score (nSPS) is 19.5. The molecule has 1 saturated heterocycles. The fourth-order valence-electron chi connectivity index (χ4n) is 4.77. The topological polar surface area (TPSA) is 59.4 Å². The summed E-state index contributed by atoms with van der Waals surface area (Å²) in [4.78, 5) is 15.0. The summed E-state index contributed by atoms with van der Waals surface area (Å²) in [5, 5.41) is 0.0828. The summed E-state index contributed by atoms with van der Waals surface area (Å²) in [6.07, 6.45) is 2.49. The molecule has 1 aliphatic rings. The van der Waals surface area contributed by atoms with Gasteiger partial charge in [0.1, 0.15) is 10.7 Å². The third kappa shape index (κ3) is 3.94. The summed E-state index contributed by atoms with van der Waals surface area (Å²) in [5.74, 6) is 0.400. The summed E-state index contributed by atoms with van der Waals surface area (Å²) >= 11 is 0. The van der Waals surface area contributed by atoms with E-state index in [0.717, 1.165) is 25.1 Å². The maximum atomic E-state index is 15.2. The fraction of sp³-hybridized carbons (Fsp3) is 0.400. The number of nitrogens with zero attached hydrogens (tertiary/aromatic N) is 2. The van der Waals surface area contributed by atoms with Crippen molar-refractivity contribution in [2.75, 3.05) is 18.0 Å². The number of rotatable bonds is 4. The lowest BCUT2D eigenvalue weighted by Crippen LogP contribution is -2.39. The van der Waals surface area contributed by atoms with Gasteiger partial charge >= 0.3 is 0 Å². The third-order valence-corrected chi connectivity index (χ3v) is 8.05. The second-order valence-electron chi connectivity index (χ2n) is 9.10. The van der Waals surface area contributed by atoms with Gasteiger partial charge in [-0.1, -0.05) is 31.5 Å². The highest BCUT2D eigenvalue weighted by Gasteiger charge is 2.27. The third-order valence-electron chi connectivity index (χ3n) is 6.29. The molecule has 3 aromatic rings. The molecule has 2 heterocycles. The quantitative estimate of drug-likeness (QED) is 0.567. The van der Waals surface area contributed by atoms with E-state index in [0.29, 0.717) is 29.6 Å². The molecule has 0 radical (unpaired) electrons. The Bertz CT molecular complexity index is 1320. The highest BCUT2D eigenvalue weighted by Crippen LogP contribution is 2.31. The number of hydrogen-bond donors (Lipinski definition) is 0. The molecule has 1 aromatic heterocycles. The maximum absolute atomic E-state index is 15.2. The summed E-state index contributed by atoms with van der Waals surface area (Å²) in [7, 11) is -4.03. The van der Waals surface area contributed by atoms with E-state index in [-0.39, 0.29) is 15.2 Å². The average Bonchev–Trinajstić information content (AvgIpc) is 2.73. The molecule has 32 heavy (non-hydrogen) atoms. The zero-order chi connectivity index (χ0) is 23.2. The Hall–Kier alpha value is -2.67. The van der Waals surface area contributed by atoms with Crippen LogP contribution in [0.4, 0.5) is 10.1 Å². The van der Waals surface area contributed by atoms with Gasteiger partial charge in [0.05, 0.1) is 21.5 Å². The molecule has 5 nitrogen and oxygen atoms in total. The number of aryl methyl sites for hydroxylation is 2. The number of hydrogen-bond acceptors (Lipinski definition) is 4. The molecule has 0 saturated carbocycles. The van der Waals surface area contributed by atoms with E-state index in [1.54, 1.807) is 22.8 Å². The first-order valence-corrected chi connectivity index (χ1v) is 12.5. The molecule has 1 fully saturated rings. The van der Waals surface area contributed by atoms with E-state index in [1.165, 1.54) is 24.4 Å². The van der Waals surface area contributed by atoms with Gasteiger partial charge in [0.2, 0.25) is 15.3 Å². The van der Waals surface area contributed by atoms with Crippen LogP contribution in [0.25, 0.3) is 10.9 Å². The Morgan fingerprint density at radius 2 is 1.69 bits per heavy atom. The van der Waals surface area contributed by atoms with Gasteiger partial charge in [0, 0.05) is 25.8 Å². The van der Waals surface area contributed by atoms with Gasteiger partial charge in [-0.15, -0.1) is 0 Å². The van der Waals surface area contributed by atoms with Crippen molar-refractivity contribution in [1.29, 1.82) is 0 Å². The molecule has 0 bridgehead atoms. The maximum Gasteiger partial charge on any atom is 0.211 e. The summed E-state index contributed by atoms with van der Waals surface area (Å²) in [5.41, 5.74) is 1.26. The monoisotopic (exact) mass is 456 g/mol. The molecule has 0 aliphatic carbocycles. The van der Waals surface area contributed by atoms with Crippen molar-refractivity contribution in [3.05, 3.63) is 64.2 Å². The predicted octanol–water partition coefficient (Wildman–Crippen LogP) is 4.78. The van der Waals surface area contributed by atoms with Crippen LogP contribution in [0.2, 0.25) is 0 Å². The number of piperidine rings is 1. The zero-order valence-electron chi connectivity index (χ0n) is 18.9. The minimum absolute atomic E-state index is 0.0515. The van der Waals surface area contributed by atoms with Gasteiger partial charge < -0.3 is 9.47 Å². The van der Waals surface area contributed by atoms with E-state index >= 15 is 4.39 Å². The Morgan fingerprint density at radius 3 is 2.28 bits per heavy atom. The molecule has 4 rings (SSSR count). The van der Waals surface area contributed by atoms with Crippen molar-refractivity contribution >= 4 is 26.4 Å². The number of benzene rings is 2. The van der Waals surface area contributed by atoms with Gasteiger partial charge in [-0.25, -0.2) is 12.8 Å². The fourth-order valence-corrected chi connectivity index (χ4v) is 6.14. The van der Waals surface area contributed by atoms with Gasteiger partial charge in [0.25, 0.3) is 0 Å². The Labute approximate surface area is 188 Å². The predicted molar refractivity (Wildman–Crippen MR) is 126 cm³/mol. The van der Waals surface area contributed by atoms with Crippen LogP contribution < -0.4 is 10.3 Å². The minimum Gasteiger partial charge on any atom is -0.369 e. The van der Waals surface area contributed by atoms with Gasteiger partial charge in [0.15, 0.2) is 0 Å². The van der Waals surface area contributed by atoms with Crippen molar-refractivity contribution < 1.29 is 12.8 Å². The van der Waals surface area contributed by atoms with Crippen LogP contribution in [0.3, 0.4) is 0 Å². The Kier molecular flexibility index (Phi) is 5.88. The first-order chi connectivity index (χ1) is 15.1. The molecule has 0 N–H and O–H groups in total. The molecule has 2 atom stereocenters. The molecule has 0 spiro atoms. The highest BCUT2D eigenvalue weighted by molar-refractivity contribution is 7.91. The van der Waals surface area contributed by atoms with Crippen molar-refractivity contribution in [3.8, 4) is 0 Å². The van der Waals surface area contributed by atoms with E-state index < -0.39 is 21.1 Å². The number of fused-ring (bicyclic) bond motifs is 1. The van der Waals surface area contributed by atoms with Gasteiger partial charge in [-0.2, -0.15) is 0 Å². The van der Waals surface area contributed by atoms with E-state index in [2.05, 4.69) is 13.8 Å². The highest BCUT2D eigenvalue weighted by atomic mass is 32.2. The first-order valence-electron chi connectivity index (χ1n) is 11.0. The number of sulfone groups is 1. The van der Waals surface area contributed by atoms with Crippen LogP contribution in [-0.4, -0.2) is 26.1 Å². The second-order valence-corrected chi connectivity index (χ2v) is 11.0. The second kappa shape index (κ2) is 8.35. The Balaban J connectivity index is 1.90. The van der Waals surface area contributed by atoms with Crippen LogP contribution in [0, 0.1) is 24.6 Å². The zero-order valence-corrected chi connectivity index (χ0v) is 19.7. The van der Waals surface area contributed by atoms with E-state index in [1.807, 2.05) is 18.7 Å². The lowest BCUT2D eigenvalue weighted by Gasteiger charge is -2.37. The molecule has 7 heteroatoms. The van der Waals surface area contributed by atoms with Crippen LogP contribution in [0.5, 0.6) is 0 Å². The molecular formula is C25H29FN2O3S. The smallest absolute Gasteiger partial charge is 0.211 e. The number of aromatic nitrogens is 1. The van der Waals surface area contributed by atoms with Gasteiger partial charge in [-0.3, -0.25) is 4.79 Å². The van der Waals surface area contributed by atoms with Gasteiger partial charge in [-0.05, 0) is 56.4 Å². The molecule has 0 unspecified atom stereocenters. The van der Waals surface area contributed by atoms with E-state index in [9.17, 15) is 13.2 Å². The largest absolute Gasteiger partial charge is 0.369 e. The van der Waals surface area contributed by atoms with Crippen LogP contribution in [0.15, 0.2) is 57.2 Å². The van der Waals surface area contributed by atoms with Crippen molar-refractivity contribution in [3.63, 3.8) is 0 Å². The number of pyridine rings is 1. The SMILES string of the molecule is CCn1cc(S(=O)(=O)c2ccc(C)cc2)c(=O)c2cc(F)c(N3C[C@@H](C)C[C@H](C)C3)cc21. The summed E-state index contributed by atoms with van der Waals surface area (Å²) in [6.45, 7) is 10.0. The minimum atomic E-state index is -4.03. The molecule has 2 aromatic carbocycles. The number of anilines is 1. The lowest BCUT2D eigenvalue weighted by molar-refractivity contribution is 0.354. The van der Waals surface area contributed by atoms with Crippen molar-refractivity contribution in [1.82, 2.24) is 4.57 Å². The standard InChI is InChI=1S/C25H29FN2O3S/c1-5-27-15-24(32(30,31)19-8-6-16(2)7-9-19)25(29)20-11-21(26)23(12-22(20)27)28-13-17(3)10-18(4)14-28/h6-9,11-12,15,17-18H,5,10,13-14H2,1-4H3/t17-,18-/m0/s1. The molecular weight excluding hydrogens is 427 g/mol. The van der Waals surface area contributed by atoms with E-state index in [4.69, 9.17) is 0 Å². The molecule has 1 aliphatic heterocycles. The van der Waals surface area contributed by atoms with Crippen LogP contribution in [0.1, 0.15) is 32.8 Å². The summed E-state index contributed by atoms with van der Waals surface area (Å²) < 4.78 is 43.4. The summed E-state index contributed by atoms with van der Waals surface area (Å²) in [6, 6.07) is 9.28.